The predicted octanol–water partition coefficient (Wildman–Crippen LogP) is 4.83. The molecule has 0 saturated heterocycles. The van der Waals surface area contributed by atoms with E-state index in [0.717, 1.165) is 32.1 Å². The summed E-state index contributed by atoms with van der Waals surface area (Å²) < 4.78 is 24.0. The molecule has 2 aromatic heterocycles. The van der Waals surface area contributed by atoms with E-state index in [1.54, 1.807) is 42.1 Å². The van der Waals surface area contributed by atoms with Gasteiger partial charge in [-0.3, -0.25) is 9.59 Å². The Balaban J connectivity index is 1.62. The standard InChI is InChI=1S/C31H37N5O6/c1-20(36-25-15-9-8-14-24(25)33-34-36)31(38)35(19-23-13-10-16-42-23)28(30(37)32-22-11-6-5-7-12-22)21-17-26(39-2)29(41-4)27(18-21)40-3/h8-10,13-18,20,22,28H,5-7,11-12,19H2,1-4H3,(H,32,37)/t20-,28+/m1/s1. The second-order valence-electron chi connectivity index (χ2n) is 10.4. The SMILES string of the molecule is COc1cc([C@@H](C(=O)NC2CCCCC2)N(Cc2ccco2)C(=O)[C@@H](C)n2nnc3ccccc32)cc(OC)c1OC. The molecule has 0 spiro atoms. The van der Waals surface area contributed by atoms with Crippen LogP contribution in [0.4, 0.5) is 0 Å². The third kappa shape index (κ3) is 5.90. The zero-order valence-corrected chi connectivity index (χ0v) is 24.4. The summed E-state index contributed by atoms with van der Waals surface area (Å²) in [5.74, 6) is 1.04. The second-order valence-corrected chi connectivity index (χ2v) is 10.4. The van der Waals surface area contributed by atoms with Gasteiger partial charge < -0.3 is 28.8 Å². The lowest BCUT2D eigenvalue weighted by Gasteiger charge is -2.34. The highest BCUT2D eigenvalue weighted by Gasteiger charge is 2.37. The van der Waals surface area contributed by atoms with E-state index in [1.807, 2.05) is 24.3 Å². The molecule has 1 aliphatic carbocycles. The van der Waals surface area contributed by atoms with E-state index in [9.17, 15) is 9.59 Å². The van der Waals surface area contributed by atoms with Gasteiger partial charge in [-0.05, 0) is 61.7 Å². The fourth-order valence-electron chi connectivity index (χ4n) is 5.64. The van der Waals surface area contributed by atoms with Gasteiger partial charge in [-0.15, -0.1) is 5.10 Å². The Bertz CT molecular complexity index is 1490. The molecule has 1 aliphatic rings. The van der Waals surface area contributed by atoms with Crippen molar-refractivity contribution in [3.8, 4) is 17.2 Å². The van der Waals surface area contributed by atoms with E-state index < -0.39 is 12.1 Å². The average molecular weight is 576 g/mol. The Morgan fingerprint density at radius 1 is 1.02 bits per heavy atom. The molecule has 42 heavy (non-hydrogen) atoms. The highest BCUT2D eigenvalue weighted by atomic mass is 16.5. The number of nitrogens with zero attached hydrogens (tertiary/aromatic N) is 4. The average Bonchev–Trinajstić information content (AvgIpc) is 3.70. The van der Waals surface area contributed by atoms with Crippen molar-refractivity contribution >= 4 is 22.8 Å². The van der Waals surface area contributed by atoms with Crippen molar-refractivity contribution < 1.29 is 28.2 Å². The number of nitrogens with one attached hydrogen (secondary N) is 1. The van der Waals surface area contributed by atoms with Crippen molar-refractivity contribution in [2.75, 3.05) is 21.3 Å². The van der Waals surface area contributed by atoms with Crippen molar-refractivity contribution in [1.82, 2.24) is 25.2 Å². The number of rotatable bonds is 11. The summed E-state index contributed by atoms with van der Waals surface area (Å²) in [6.45, 7) is 1.80. The molecule has 0 radical (unpaired) electrons. The summed E-state index contributed by atoms with van der Waals surface area (Å²) in [7, 11) is 4.55. The van der Waals surface area contributed by atoms with E-state index in [-0.39, 0.29) is 24.4 Å². The Morgan fingerprint density at radius 2 is 1.74 bits per heavy atom. The van der Waals surface area contributed by atoms with Crippen molar-refractivity contribution in [3.05, 3.63) is 66.1 Å². The van der Waals surface area contributed by atoms with Gasteiger partial charge in [-0.25, -0.2) is 4.68 Å². The molecular formula is C31H37N5O6. The number of fused-ring (bicyclic) bond motifs is 1. The monoisotopic (exact) mass is 575 g/mol. The molecule has 0 aliphatic heterocycles. The summed E-state index contributed by atoms with van der Waals surface area (Å²) >= 11 is 0. The molecule has 0 bridgehead atoms. The minimum absolute atomic E-state index is 0.0213. The highest BCUT2D eigenvalue weighted by Crippen LogP contribution is 2.41. The number of ether oxygens (including phenoxy) is 3. The molecule has 5 rings (SSSR count). The van der Waals surface area contributed by atoms with E-state index in [0.29, 0.717) is 39.6 Å². The van der Waals surface area contributed by atoms with Crippen molar-refractivity contribution in [2.24, 2.45) is 0 Å². The van der Waals surface area contributed by atoms with Crippen LogP contribution in [0.1, 0.15) is 62.4 Å². The van der Waals surface area contributed by atoms with Crippen LogP contribution in [0.3, 0.4) is 0 Å². The number of hydrogen-bond donors (Lipinski definition) is 1. The molecule has 1 N–H and O–H groups in total. The third-order valence-corrected chi connectivity index (χ3v) is 7.81. The lowest BCUT2D eigenvalue weighted by Crippen LogP contribution is -2.48. The molecule has 4 aromatic rings. The van der Waals surface area contributed by atoms with Gasteiger partial charge in [0.15, 0.2) is 11.5 Å². The summed E-state index contributed by atoms with van der Waals surface area (Å²) in [4.78, 5) is 30.3. The molecule has 2 aromatic carbocycles. The fourth-order valence-corrected chi connectivity index (χ4v) is 5.64. The lowest BCUT2D eigenvalue weighted by atomic mass is 9.94. The van der Waals surface area contributed by atoms with Gasteiger partial charge in [0.25, 0.3) is 0 Å². The molecule has 11 heteroatoms. The summed E-state index contributed by atoms with van der Waals surface area (Å²) in [6, 6.07) is 12.6. The molecule has 222 valence electrons. The van der Waals surface area contributed by atoms with E-state index in [4.69, 9.17) is 18.6 Å². The normalized spacial score (nSPS) is 15.1. The van der Waals surface area contributed by atoms with Crippen LogP contribution in [0, 0.1) is 0 Å². The topological polar surface area (TPSA) is 121 Å². The number of furan rings is 1. The Hall–Kier alpha value is -4.54. The molecule has 2 atom stereocenters. The van der Waals surface area contributed by atoms with Gasteiger partial charge in [-0.1, -0.05) is 36.6 Å². The number of benzene rings is 2. The number of carbonyl (C=O) groups is 2. The lowest BCUT2D eigenvalue weighted by molar-refractivity contribution is -0.144. The number of carbonyl (C=O) groups excluding carboxylic acids is 2. The number of aromatic nitrogens is 3. The van der Waals surface area contributed by atoms with Crippen LogP contribution < -0.4 is 19.5 Å². The maximum atomic E-state index is 14.5. The minimum atomic E-state index is -1.05. The van der Waals surface area contributed by atoms with Crippen LogP contribution in [0.5, 0.6) is 17.2 Å². The smallest absolute Gasteiger partial charge is 0.248 e. The van der Waals surface area contributed by atoms with E-state index in [2.05, 4.69) is 15.6 Å². The van der Waals surface area contributed by atoms with Gasteiger partial charge in [0.1, 0.15) is 23.4 Å². The molecule has 1 saturated carbocycles. The summed E-state index contributed by atoms with van der Waals surface area (Å²) in [6.07, 6.45) is 6.57. The number of methoxy groups -OCH3 is 3. The number of hydrogen-bond acceptors (Lipinski definition) is 8. The quantitative estimate of drug-likeness (QED) is 0.270. The van der Waals surface area contributed by atoms with Crippen LogP contribution in [0.15, 0.2) is 59.2 Å². The van der Waals surface area contributed by atoms with E-state index in [1.165, 1.54) is 26.2 Å². The van der Waals surface area contributed by atoms with Gasteiger partial charge >= 0.3 is 0 Å². The van der Waals surface area contributed by atoms with Crippen molar-refractivity contribution in [3.63, 3.8) is 0 Å². The van der Waals surface area contributed by atoms with Crippen molar-refractivity contribution in [2.45, 2.75) is 63.7 Å². The van der Waals surface area contributed by atoms with Crippen LogP contribution in [-0.4, -0.2) is 59.1 Å². The molecule has 11 nitrogen and oxygen atoms in total. The molecule has 2 amide bonds. The maximum absolute atomic E-state index is 14.5. The highest BCUT2D eigenvalue weighted by molar-refractivity contribution is 5.91. The Labute approximate surface area is 244 Å². The molecule has 0 unspecified atom stereocenters. The largest absolute Gasteiger partial charge is 0.493 e. The van der Waals surface area contributed by atoms with Crippen LogP contribution >= 0.6 is 0 Å². The predicted molar refractivity (Wildman–Crippen MR) is 155 cm³/mol. The Morgan fingerprint density at radius 3 is 2.38 bits per heavy atom. The maximum Gasteiger partial charge on any atom is 0.248 e. The zero-order chi connectivity index (χ0) is 29.6. The molecular weight excluding hydrogens is 538 g/mol. The molecule has 2 heterocycles. The summed E-state index contributed by atoms with van der Waals surface area (Å²) in [5.41, 5.74) is 1.90. The van der Waals surface area contributed by atoms with Gasteiger partial charge in [0, 0.05) is 6.04 Å². The first-order chi connectivity index (χ1) is 20.4. The first-order valence-electron chi connectivity index (χ1n) is 14.2. The van der Waals surface area contributed by atoms with Gasteiger partial charge in [0.05, 0.1) is 39.7 Å². The van der Waals surface area contributed by atoms with Gasteiger partial charge in [0.2, 0.25) is 17.6 Å². The Kier molecular flexibility index (Phi) is 8.94. The van der Waals surface area contributed by atoms with Crippen molar-refractivity contribution in [1.29, 1.82) is 0 Å². The minimum Gasteiger partial charge on any atom is -0.493 e. The second kappa shape index (κ2) is 13.0. The first kappa shape index (κ1) is 29.0. The number of para-hydroxylation sites is 1. The fraction of sp³-hybridized carbons (Fsp3) is 0.419. The number of amides is 2. The first-order valence-corrected chi connectivity index (χ1v) is 14.2. The van der Waals surface area contributed by atoms with Crippen LogP contribution in [-0.2, 0) is 16.1 Å². The van der Waals surface area contributed by atoms with Crippen LogP contribution in [0.2, 0.25) is 0 Å². The van der Waals surface area contributed by atoms with Crippen LogP contribution in [0.25, 0.3) is 11.0 Å². The van der Waals surface area contributed by atoms with E-state index >= 15 is 0 Å². The van der Waals surface area contributed by atoms with Gasteiger partial charge in [-0.2, -0.15) is 0 Å². The summed E-state index contributed by atoms with van der Waals surface area (Å²) in [5, 5.41) is 11.7. The zero-order valence-electron chi connectivity index (χ0n) is 24.4. The third-order valence-electron chi connectivity index (χ3n) is 7.81. The molecule has 1 fully saturated rings.